The molecule has 1 N–H and O–H groups in total. The molecule has 1 aliphatic carbocycles. The van der Waals surface area contributed by atoms with Crippen molar-refractivity contribution in [1.29, 1.82) is 0 Å². The molecule has 18 heavy (non-hydrogen) atoms. The van der Waals surface area contributed by atoms with E-state index in [9.17, 15) is 5.11 Å². The van der Waals surface area contributed by atoms with Gasteiger partial charge in [0.2, 0.25) is 0 Å². The molecule has 1 atom stereocenters. The number of hydrogen-bond acceptors (Lipinski definition) is 2. The molecule has 1 heterocycles. The third-order valence-electron chi connectivity index (χ3n) is 3.63. The number of aliphatic hydroxyl groups is 1. The van der Waals surface area contributed by atoms with Crippen molar-refractivity contribution in [2.24, 2.45) is 0 Å². The van der Waals surface area contributed by atoms with Crippen molar-refractivity contribution in [2.45, 2.75) is 38.3 Å². The van der Waals surface area contributed by atoms with Crippen molar-refractivity contribution < 1.29 is 5.11 Å². The van der Waals surface area contributed by atoms with Gasteiger partial charge in [-0.25, -0.2) is 4.98 Å². The highest BCUT2D eigenvalue weighted by Gasteiger charge is 2.23. The summed E-state index contributed by atoms with van der Waals surface area (Å²) in [6.07, 6.45) is 5.62. The Morgan fingerprint density at radius 1 is 1.33 bits per heavy atom. The van der Waals surface area contributed by atoms with E-state index >= 15 is 0 Å². The Balaban J connectivity index is 1.84. The molecular weight excluding hydrogens is 224 g/mol. The van der Waals surface area contributed by atoms with Gasteiger partial charge >= 0.3 is 0 Å². The van der Waals surface area contributed by atoms with E-state index in [1.165, 1.54) is 18.4 Å². The number of aromatic nitrogens is 2. The molecule has 1 aliphatic rings. The normalized spacial score (nSPS) is 16.8. The zero-order valence-corrected chi connectivity index (χ0v) is 10.6. The van der Waals surface area contributed by atoms with Crippen LogP contribution in [0.3, 0.4) is 0 Å². The lowest BCUT2D eigenvalue weighted by atomic mass is 10.0. The van der Waals surface area contributed by atoms with Crippen molar-refractivity contribution in [3.05, 3.63) is 53.6 Å². The molecule has 2 aromatic rings. The molecule has 1 aromatic heterocycles. The zero-order chi connectivity index (χ0) is 12.5. The van der Waals surface area contributed by atoms with Gasteiger partial charge < -0.3 is 9.67 Å². The maximum atomic E-state index is 10.4. The zero-order valence-electron chi connectivity index (χ0n) is 10.6. The molecule has 3 nitrogen and oxygen atoms in total. The monoisotopic (exact) mass is 242 g/mol. The summed E-state index contributed by atoms with van der Waals surface area (Å²) in [5.74, 6) is 1.48. The van der Waals surface area contributed by atoms with Crippen LogP contribution in [0.2, 0.25) is 0 Å². The van der Waals surface area contributed by atoms with Gasteiger partial charge in [0, 0.05) is 18.9 Å². The quantitative estimate of drug-likeness (QED) is 0.895. The molecule has 1 saturated carbocycles. The minimum absolute atomic E-state index is 0.631. The van der Waals surface area contributed by atoms with Gasteiger partial charge in [-0.2, -0.15) is 0 Å². The topological polar surface area (TPSA) is 38.0 Å². The summed E-state index contributed by atoms with van der Waals surface area (Å²) in [7, 11) is 0. The number of hydrogen-bond donors (Lipinski definition) is 1. The molecule has 0 saturated heterocycles. The van der Waals surface area contributed by atoms with E-state index in [0.717, 1.165) is 23.9 Å². The van der Waals surface area contributed by atoms with Crippen LogP contribution in [0.4, 0.5) is 0 Å². The maximum Gasteiger partial charge on any atom is 0.142 e. The predicted octanol–water partition coefficient (Wildman–Crippen LogP) is 2.86. The fraction of sp³-hybridized carbons (Fsp3) is 0.400. The minimum atomic E-state index is -0.631. The van der Waals surface area contributed by atoms with Crippen LogP contribution >= 0.6 is 0 Å². The highest BCUT2D eigenvalue weighted by molar-refractivity contribution is 5.31. The summed E-state index contributed by atoms with van der Waals surface area (Å²) < 4.78 is 1.97. The number of rotatable bonds is 4. The minimum Gasteiger partial charge on any atom is -0.380 e. The summed E-state index contributed by atoms with van der Waals surface area (Å²) in [5.41, 5.74) is 2.31. The lowest BCUT2D eigenvalue weighted by Gasteiger charge is -2.13. The van der Waals surface area contributed by atoms with Gasteiger partial charge in [-0.1, -0.05) is 24.3 Å². The Kier molecular flexibility index (Phi) is 2.92. The summed E-state index contributed by atoms with van der Waals surface area (Å²) in [6, 6.07) is 8.31. The first-order valence-electron chi connectivity index (χ1n) is 6.58. The molecule has 0 bridgehead atoms. The van der Waals surface area contributed by atoms with Crippen molar-refractivity contribution >= 4 is 0 Å². The number of aliphatic hydroxyl groups excluding tert-OH is 1. The highest BCUT2D eigenvalue weighted by atomic mass is 16.3. The Morgan fingerprint density at radius 2 is 2.06 bits per heavy atom. The number of aryl methyl sites for hydroxylation is 1. The van der Waals surface area contributed by atoms with E-state index in [2.05, 4.69) is 17.1 Å². The number of imidazole rings is 1. The van der Waals surface area contributed by atoms with Gasteiger partial charge in [-0.05, 0) is 36.8 Å². The first-order chi connectivity index (χ1) is 8.79. The number of nitrogens with zero attached hydrogens (tertiary/aromatic N) is 2. The van der Waals surface area contributed by atoms with E-state index in [0.29, 0.717) is 0 Å². The average Bonchev–Trinajstić information content (AvgIpc) is 3.16. The summed E-state index contributed by atoms with van der Waals surface area (Å²) in [6.45, 7) is 2.88. The Bertz CT molecular complexity index is 526. The van der Waals surface area contributed by atoms with Crippen LogP contribution in [0, 0.1) is 0 Å². The van der Waals surface area contributed by atoms with Gasteiger partial charge in [0.15, 0.2) is 0 Å². The molecule has 0 radical (unpaired) electrons. The second-order valence-corrected chi connectivity index (χ2v) is 4.91. The lowest BCUT2D eigenvalue weighted by molar-refractivity contribution is 0.205. The Morgan fingerprint density at radius 3 is 2.67 bits per heavy atom. The second kappa shape index (κ2) is 4.58. The van der Waals surface area contributed by atoms with Gasteiger partial charge in [-0.3, -0.25) is 0 Å². The third-order valence-corrected chi connectivity index (χ3v) is 3.63. The van der Waals surface area contributed by atoms with Gasteiger partial charge in [0.1, 0.15) is 11.9 Å². The maximum absolute atomic E-state index is 10.4. The van der Waals surface area contributed by atoms with Crippen LogP contribution < -0.4 is 0 Å². The van der Waals surface area contributed by atoms with E-state index in [1.54, 1.807) is 6.20 Å². The van der Waals surface area contributed by atoms with Crippen molar-refractivity contribution in [3.63, 3.8) is 0 Å². The molecule has 0 amide bonds. The van der Waals surface area contributed by atoms with Crippen LogP contribution in [-0.4, -0.2) is 14.7 Å². The van der Waals surface area contributed by atoms with Crippen LogP contribution in [0.25, 0.3) is 0 Å². The summed E-state index contributed by atoms with van der Waals surface area (Å²) in [4.78, 5) is 4.25. The van der Waals surface area contributed by atoms with Crippen molar-refractivity contribution in [1.82, 2.24) is 9.55 Å². The van der Waals surface area contributed by atoms with Crippen LogP contribution in [0.5, 0.6) is 0 Å². The third kappa shape index (κ3) is 2.06. The van der Waals surface area contributed by atoms with Crippen molar-refractivity contribution in [3.8, 4) is 0 Å². The molecule has 1 aromatic carbocycles. The lowest BCUT2D eigenvalue weighted by Crippen LogP contribution is -2.08. The highest BCUT2D eigenvalue weighted by Crippen LogP contribution is 2.40. The van der Waals surface area contributed by atoms with Crippen LogP contribution in [0.1, 0.15) is 48.7 Å². The van der Waals surface area contributed by atoms with E-state index < -0.39 is 6.10 Å². The number of benzene rings is 1. The average molecular weight is 242 g/mol. The van der Waals surface area contributed by atoms with Gasteiger partial charge in [0.25, 0.3) is 0 Å². The molecule has 1 unspecified atom stereocenters. The Labute approximate surface area is 107 Å². The van der Waals surface area contributed by atoms with E-state index in [4.69, 9.17) is 0 Å². The van der Waals surface area contributed by atoms with Crippen LogP contribution in [0.15, 0.2) is 36.7 Å². The first kappa shape index (κ1) is 11.5. The summed E-state index contributed by atoms with van der Waals surface area (Å²) in [5, 5.41) is 10.4. The van der Waals surface area contributed by atoms with Gasteiger partial charge in [0.05, 0.1) is 0 Å². The fourth-order valence-electron chi connectivity index (χ4n) is 2.35. The molecule has 0 aliphatic heterocycles. The second-order valence-electron chi connectivity index (χ2n) is 4.91. The molecule has 3 rings (SSSR count). The first-order valence-corrected chi connectivity index (χ1v) is 6.58. The largest absolute Gasteiger partial charge is 0.380 e. The summed E-state index contributed by atoms with van der Waals surface area (Å²) >= 11 is 0. The SMILES string of the molecule is CCn1ccnc1C(O)c1ccc(C2CC2)cc1. The van der Waals surface area contributed by atoms with Gasteiger partial charge in [-0.15, -0.1) is 0 Å². The van der Waals surface area contributed by atoms with Crippen LogP contribution in [-0.2, 0) is 6.54 Å². The smallest absolute Gasteiger partial charge is 0.142 e. The van der Waals surface area contributed by atoms with E-state index in [1.807, 2.05) is 29.8 Å². The fourth-order valence-corrected chi connectivity index (χ4v) is 2.35. The van der Waals surface area contributed by atoms with E-state index in [-0.39, 0.29) is 0 Å². The predicted molar refractivity (Wildman–Crippen MR) is 70.4 cm³/mol. The molecular formula is C15H18N2O. The molecule has 1 fully saturated rings. The standard InChI is InChI=1S/C15H18N2O/c1-2-17-10-9-16-15(17)14(18)13-7-5-12(6-8-13)11-3-4-11/h5-11,14,18H,2-4H2,1H3. The molecule has 3 heteroatoms. The molecule has 94 valence electrons. The van der Waals surface area contributed by atoms with Crippen molar-refractivity contribution in [2.75, 3.05) is 0 Å². The Hall–Kier alpha value is -1.61. The molecule has 0 spiro atoms.